The fourth-order valence-corrected chi connectivity index (χ4v) is 2.95. The molecule has 1 aromatic carbocycles. The van der Waals surface area contributed by atoms with Crippen molar-refractivity contribution in [3.8, 4) is 0 Å². The van der Waals surface area contributed by atoms with Crippen molar-refractivity contribution in [2.75, 3.05) is 20.1 Å². The second-order valence-corrected chi connectivity index (χ2v) is 6.98. The van der Waals surface area contributed by atoms with Gasteiger partial charge in [-0.1, -0.05) is 19.0 Å². The highest BCUT2D eigenvalue weighted by molar-refractivity contribution is 14.0. The van der Waals surface area contributed by atoms with Crippen LogP contribution in [0, 0.1) is 5.82 Å². The second kappa shape index (κ2) is 11.1. The lowest BCUT2D eigenvalue weighted by Crippen LogP contribution is -2.38. The molecule has 158 valence electrons. The lowest BCUT2D eigenvalue weighted by Gasteiger charge is -2.11. The Kier molecular flexibility index (Phi) is 8.87. The molecule has 0 unspecified atom stereocenters. The SMILES string of the molecule is CN=C(NCCCc1nc(C(C)C)no1)NCCc1c[nH]c2cc(F)ccc12.I. The third-order valence-electron chi connectivity index (χ3n) is 4.50. The number of nitrogens with one attached hydrogen (secondary N) is 3. The van der Waals surface area contributed by atoms with Gasteiger partial charge in [-0.05, 0) is 36.6 Å². The van der Waals surface area contributed by atoms with Gasteiger partial charge in [0.2, 0.25) is 5.89 Å². The highest BCUT2D eigenvalue weighted by Gasteiger charge is 2.09. The van der Waals surface area contributed by atoms with Gasteiger partial charge in [0, 0.05) is 49.6 Å². The first-order chi connectivity index (χ1) is 13.6. The minimum atomic E-state index is -0.232. The molecule has 2 heterocycles. The van der Waals surface area contributed by atoms with Crippen LogP contribution in [0.15, 0.2) is 33.9 Å². The molecule has 3 aromatic rings. The normalized spacial score (nSPS) is 11.7. The minimum Gasteiger partial charge on any atom is -0.361 e. The van der Waals surface area contributed by atoms with E-state index in [0.717, 1.165) is 60.6 Å². The maximum Gasteiger partial charge on any atom is 0.226 e. The number of aryl methyl sites for hydroxylation is 1. The Bertz CT molecular complexity index is 936. The Morgan fingerprint density at radius 3 is 2.76 bits per heavy atom. The van der Waals surface area contributed by atoms with Crippen molar-refractivity contribution < 1.29 is 8.91 Å². The fraction of sp³-hybridized carbons (Fsp3) is 0.450. The van der Waals surface area contributed by atoms with E-state index in [1.165, 1.54) is 12.1 Å². The molecule has 3 rings (SSSR count). The Morgan fingerprint density at radius 1 is 1.24 bits per heavy atom. The van der Waals surface area contributed by atoms with E-state index >= 15 is 0 Å². The summed E-state index contributed by atoms with van der Waals surface area (Å²) in [4.78, 5) is 11.7. The van der Waals surface area contributed by atoms with Crippen molar-refractivity contribution in [3.05, 3.63) is 47.5 Å². The zero-order valence-electron chi connectivity index (χ0n) is 17.0. The summed E-state index contributed by atoms with van der Waals surface area (Å²) < 4.78 is 18.5. The minimum absolute atomic E-state index is 0. The molecular formula is C20H28FIN6O. The summed E-state index contributed by atoms with van der Waals surface area (Å²) in [5.74, 6) is 2.21. The van der Waals surface area contributed by atoms with Crippen LogP contribution >= 0.6 is 24.0 Å². The topological polar surface area (TPSA) is 91.1 Å². The van der Waals surface area contributed by atoms with Crippen LogP contribution in [0.25, 0.3) is 10.9 Å². The molecule has 0 atom stereocenters. The first-order valence-electron chi connectivity index (χ1n) is 9.59. The Labute approximate surface area is 187 Å². The van der Waals surface area contributed by atoms with Crippen LogP contribution in [0.3, 0.4) is 0 Å². The number of halogens is 2. The second-order valence-electron chi connectivity index (χ2n) is 6.98. The third-order valence-corrected chi connectivity index (χ3v) is 4.50. The van der Waals surface area contributed by atoms with E-state index in [4.69, 9.17) is 4.52 Å². The van der Waals surface area contributed by atoms with Crippen molar-refractivity contribution in [3.63, 3.8) is 0 Å². The van der Waals surface area contributed by atoms with E-state index < -0.39 is 0 Å². The number of guanidine groups is 1. The van der Waals surface area contributed by atoms with E-state index in [2.05, 4.69) is 30.8 Å². The first kappa shape index (κ1) is 23.1. The van der Waals surface area contributed by atoms with E-state index in [0.29, 0.717) is 5.89 Å². The summed E-state index contributed by atoms with van der Waals surface area (Å²) in [6.07, 6.45) is 4.34. The number of H-pyrrole nitrogens is 1. The molecule has 0 radical (unpaired) electrons. The molecule has 2 aromatic heterocycles. The lowest BCUT2D eigenvalue weighted by atomic mass is 10.1. The molecule has 7 nitrogen and oxygen atoms in total. The van der Waals surface area contributed by atoms with Gasteiger partial charge in [-0.15, -0.1) is 24.0 Å². The smallest absolute Gasteiger partial charge is 0.226 e. The molecular weight excluding hydrogens is 486 g/mol. The van der Waals surface area contributed by atoms with Gasteiger partial charge < -0.3 is 20.1 Å². The van der Waals surface area contributed by atoms with Crippen LogP contribution in [-0.4, -0.2) is 41.2 Å². The summed E-state index contributed by atoms with van der Waals surface area (Å²) in [5, 5.41) is 11.6. The molecule has 9 heteroatoms. The van der Waals surface area contributed by atoms with Crippen LogP contribution < -0.4 is 10.6 Å². The maximum atomic E-state index is 13.3. The van der Waals surface area contributed by atoms with Gasteiger partial charge >= 0.3 is 0 Å². The first-order valence-corrected chi connectivity index (χ1v) is 9.59. The molecule has 3 N–H and O–H groups in total. The fourth-order valence-electron chi connectivity index (χ4n) is 2.95. The average molecular weight is 514 g/mol. The van der Waals surface area contributed by atoms with Crippen molar-refractivity contribution in [2.24, 2.45) is 4.99 Å². The molecule has 0 spiro atoms. The highest BCUT2D eigenvalue weighted by atomic mass is 127. The van der Waals surface area contributed by atoms with Crippen LogP contribution in [0.1, 0.15) is 43.5 Å². The summed E-state index contributed by atoms with van der Waals surface area (Å²) in [6.45, 7) is 5.57. The largest absolute Gasteiger partial charge is 0.361 e. The summed E-state index contributed by atoms with van der Waals surface area (Å²) in [6, 6.07) is 4.81. The van der Waals surface area contributed by atoms with E-state index in [9.17, 15) is 4.39 Å². The zero-order valence-corrected chi connectivity index (χ0v) is 19.3. The van der Waals surface area contributed by atoms with Gasteiger partial charge in [0.15, 0.2) is 11.8 Å². The van der Waals surface area contributed by atoms with Gasteiger partial charge in [-0.3, -0.25) is 4.99 Å². The number of nitrogens with zero attached hydrogens (tertiary/aromatic N) is 3. The summed E-state index contributed by atoms with van der Waals surface area (Å²) in [5.41, 5.74) is 1.97. The molecule has 0 saturated carbocycles. The standard InChI is InChI=1S/C20H27FN6O.HI/c1-13(2)19-26-18(28-27-19)5-4-9-23-20(22-3)24-10-8-14-12-25-17-11-15(21)6-7-16(14)17;/h6-7,11-13,25H,4-5,8-10H2,1-3H3,(H2,22,23,24);1H. The number of benzene rings is 1. The molecule has 0 aliphatic carbocycles. The number of rotatable bonds is 8. The number of aromatic amines is 1. The molecule has 0 fully saturated rings. The number of hydrogen-bond acceptors (Lipinski definition) is 4. The van der Waals surface area contributed by atoms with E-state index in [-0.39, 0.29) is 35.7 Å². The van der Waals surface area contributed by atoms with Gasteiger partial charge in [-0.25, -0.2) is 4.39 Å². The summed E-state index contributed by atoms with van der Waals surface area (Å²) in [7, 11) is 1.75. The third kappa shape index (κ3) is 6.41. The summed E-state index contributed by atoms with van der Waals surface area (Å²) >= 11 is 0. The molecule has 0 saturated heterocycles. The highest BCUT2D eigenvalue weighted by Crippen LogP contribution is 2.19. The molecule has 0 bridgehead atoms. The van der Waals surface area contributed by atoms with Gasteiger partial charge in [0.1, 0.15) is 5.82 Å². The molecule has 29 heavy (non-hydrogen) atoms. The Morgan fingerprint density at radius 2 is 2.03 bits per heavy atom. The van der Waals surface area contributed by atoms with E-state index in [1.807, 2.05) is 26.1 Å². The van der Waals surface area contributed by atoms with Gasteiger partial charge in [0.25, 0.3) is 0 Å². The molecule has 0 amide bonds. The number of fused-ring (bicyclic) bond motifs is 1. The Balaban J connectivity index is 0.00000300. The van der Waals surface area contributed by atoms with Crippen molar-refractivity contribution >= 4 is 40.8 Å². The van der Waals surface area contributed by atoms with Gasteiger partial charge in [-0.2, -0.15) is 4.98 Å². The quantitative estimate of drug-likeness (QED) is 0.184. The van der Waals surface area contributed by atoms with Crippen LogP contribution in [0.2, 0.25) is 0 Å². The van der Waals surface area contributed by atoms with Crippen LogP contribution in [0.4, 0.5) is 4.39 Å². The number of aliphatic imine (C=N–C) groups is 1. The monoisotopic (exact) mass is 514 g/mol. The Hall–Kier alpha value is -2.17. The van der Waals surface area contributed by atoms with E-state index in [1.54, 1.807) is 7.05 Å². The molecule has 0 aliphatic rings. The van der Waals surface area contributed by atoms with Crippen molar-refractivity contribution in [1.29, 1.82) is 0 Å². The zero-order chi connectivity index (χ0) is 19.9. The number of hydrogen-bond donors (Lipinski definition) is 3. The number of aromatic nitrogens is 3. The van der Waals surface area contributed by atoms with Crippen molar-refractivity contribution in [1.82, 2.24) is 25.8 Å². The maximum absolute atomic E-state index is 13.3. The van der Waals surface area contributed by atoms with Crippen molar-refractivity contribution in [2.45, 2.75) is 39.0 Å². The van der Waals surface area contributed by atoms with Crippen LogP contribution in [-0.2, 0) is 12.8 Å². The average Bonchev–Trinajstić information content (AvgIpc) is 3.30. The molecule has 0 aliphatic heterocycles. The van der Waals surface area contributed by atoms with Gasteiger partial charge in [0.05, 0.1) is 0 Å². The lowest BCUT2D eigenvalue weighted by molar-refractivity contribution is 0.368. The predicted octanol–water partition coefficient (Wildman–Crippen LogP) is 3.77. The van der Waals surface area contributed by atoms with Crippen LogP contribution in [0.5, 0.6) is 0 Å². The predicted molar refractivity (Wildman–Crippen MR) is 123 cm³/mol.